The van der Waals surface area contributed by atoms with Gasteiger partial charge in [-0.25, -0.2) is 9.97 Å². The molecule has 2 rings (SSSR count). The first kappa shape index (κ1) is 13.5. The van der Waals surface area contributed by atoms with Crippen molar-refractivity contribution in [2.45, 2.75) is 12.1 Å². The number of ether oxygens (including phenoxy) is 1. The number of methoxy groups -OCH3 is 1. The number of ketones is 1. The fourth-order valence-corrected chi connectivity index (χ4v) is 2.21. The van der Waals surface area contributed by atoms with Gasteiger partial charge in [0.1, 0.15) is 5.75 Å². The smallest absolute Gasteiger partial charge is 0.187 e. The zero-order valence-electron chi connectivity index (χ0n) is 10.8. The number of aryl methyl sites for hydroxylation is 1. The molecule has 0 amide bonds. The van der Waals surface area contributed by atoms with E-state index < -0.39 is 0 Å². The third-order valence-corrected chi connectivity index (χ3v) is 3.37. The number of aromatic nitrogens is 2. The van der Waals surface area contributed by atoms with Crippen LogP contribution in [0.25, 0.3) is 0 Å². The first-order valence-electron chi connectivity index (χ1n) is 5.78. The average Bonchev–Trinajstić information content (AvgIpc) is 2.46. The van der Waals surface area contributed by atoms with Gasteiger partial charge < -0.3 is 4.74 Å². The summed E-state index contributed by atoms with van der Waals surface area (Å²) in [5.41, 5.74) is 1.59. The zero-order chi connectivity index (χ0) is 13.7. The van der Waals surface area contributed by atoms with Crippen molar-refractivity contribution in [2.24, 2.45) is 0 Å². The molecule has 0 atom stereocenters. The van der Waals surface area contributed by atoms with Crippen molar-refractivity contribution in [2.75, 3.05) is 12.9 Å². The van der Waals surface area contributed by atoms with E-state index in [9.17, 15) is 4.79 Å². The van der Waals surface area contributed by atoms with Gasteiger partial charge in [-0.15, -0.1) is 0 Å². The van der Waals surface area contributed by atoms with E-state index in [2.05, 4.69) is 9.97 Å². The maximum atomic E-state index is 12.1. The summed E-state index contributed by atoms with van der Waals surface area (Å²) in [6.45, 7) is 1.93. The van der Waals surface area contributed by atoms with E-state index in [1.54, 1.807) is 31.6 Å². The Balaban J connectivity index is 2.03. The molecule has 0 bridgehead atoms. The lowest BCUT2D eigenvalue weighted by molar-refractivity contribution is 0.101. The molecule has 0 aliphatic carbocycles. The summed E-state index contributed by atoms with van der Waals surface area (Å²) in [5.74, 6) is 0.897. The minimum atomic E-state index is 0.00613. The molecule has 2 aromatic rings. The molecular weight excluding hydrogens is 260 g/mol. The molecular formula is C14H14N2O2S. The van der Waals surface area contributed by atoms with Crippen LogP contribution in [0.5, 0.6) is 5.75 Å². The number of thioether (sulfide) groups is 1. The summed E-state index contributed by atoms with van der Waals surface area (Å²) in [7, 11) is 1.56. The second-order valence-corrected chi connectivity index (χ2v) is 4.90. The Bertz CT molecular complexity index is 570. The van der Waals surface area contributed by atoms with Crippen LogP contribution in [0.3, 0.4) is 0 Å². The first-order valence-corrected chi connectivity index (χ1v) is 6.77. The first-order chi connectivity index (χ1) is 9.20. The van der Waals surface area contributed by atoms with Gasteiger partial charge in [0.05, 0.1) is 18.4 Å². The van der Waals surface area contributed by atoms with E-state index in [0.717, 1.165) is 5.56 Å². The predicted molar refractivity (Wildman–Crippen MR) is 74.8 cm³/mol. The summed E-state index contributed by atoms with van der Waals surface area (Å²) in [6, 6.07) is 7.20. The van der Waals surface area contributed by atoms with Gasteiger partial charge in [0.25, 0.3) is 0 Å². The number of rotatable bonds is 5. The van der Waals surface area contributed by atoms with Crippen LogP contribution in [0, 0.1) is 6.92 Å². The van der Waals surface area contributed by atoms with Crippen LogP contribution >= 0.6 is 11.8 Å². The highest BCUT2D eigenvalue weighted by molar-refractivity contribution is 7.99. The summed E-state index contributed by atoms with van der Waals surface area (Å²) in [5, 5.41) is 0.605. The van der Waals surface area contributed by atoms with E-state index in [0.29, 0.717) is 22.2 Å². The van der Waals surface area contributed by atoms with Crippen LogP contribution in [0.2, 0.25) is 0 Å². The largest absolute Gasteiger partial charge is 0.496 e. The number of para-hydroxylation sites is 1. The quantitative estimate of drug-likeness (QED) is 0.477. The Morgan fingerprint density at radius 2 is 1.95 bits per heavy atom. The fourth-order valence-electron chi connectivity index (χ4n) is 1.54. The monoisotopic (exact) mass is 274 g/mol. The summed E-state index contributed by atoms with van der Waals surface area (Å²) in [4.78, 5) is 20.4. The van der Waals surface area contributed by atoms with Gasteiger partial charge in [0.2, 0.25) is 0 Å². The summed E-state index contributed by atoms with van der Waals surface area (Å²) >= 11 is 1.32. The summed E-state index contributed by atoms with van der Waals surface area (Å²) in [6.07, 6.45) is 3.48. The SMILES string of the molecule is COc1ccccc1C(=O)CSc1ncc(C)cn1. The van der Waals surface area contributed by atoms with E-state index in [4.69, 9.17) is 4.74 Å². The molecule has 0 N–H and O–H groups in total. The Morgan fingerprint density at radius 1 is 1.26 bits per heavy atom. The van der Waals surface area contributed by atoms with Gasteiger partial charge in [-0.2, -0.15) is 0 Å². The maximum absolute atomic E-state index is 12.1. The third kappa shape index (κ3) is 3.54. The van der Waals surface area contributed by atoms with Crippen LogP contribution in [-0.2, 0) is 0 Å². The van der Waals surface area contributed by atoms with E-state index in [1.165, 1.54) is 11.8 Å². The van der Waals surface area contributed by atoms with Gasteiger partial charge in [0, 0.05) is 12.4 Å². The molecule has 0 aliphatic rings. The van der Waals surface area contributed by atoms with Crippen LogP contribution < -0.4 is 4.74 Å². The number of hydrogen-bond acceptors (Lipinski definition) is 5. The van der Waals surface area contributed by atoms with Crippen molar-refractivity contribution >= 4 is 17.5 Å². The molecule has 1 aromatic heterocycles. The molecule has 0 saturated carbocycles. The molecule has 1 aromatic carbocycles. The zero-order valence-corrected chi connectivity index (χ0v) is 11.6. The number of carbonyl (C=O) groups excluding carboxylic acids is 1. The molecule has 0 unspecified atom stereocenters. The van der Waals surface area contributed by atoms with Crippen molar-refractivity contribution < 1.29 is 9.53 Å². The second kappa shape index (κ2) is 6.33. The Hall–Kier alpha value is -1.88. The predicted octanol–water partition coefficient (Wildman–Crippen LogP) is 2.77. The van der Waals surface area contributed by atoms with Crippen LogP contribution in [-0.4, -0.2) is 28.6 Å². The van der Waals surface area contributed by atoms with Crippen molar-refractivity contribution in [1.29, 1.82) is 0 Å². The minimum Gasteiger partial charge on any atom is -0.496 e. The van der Waals surface area contributed by atoms with Gasteiger partial charge >= 0.3 is 0 Å². The Morgan fingerprint density at radius 3 is 2.63 bits per heavy atom. The van der Waals surface area contributed by atoms with Crippen molar-refractivity contribution in [3.63, 3.8) is 0 Å². The molecule has 1 heterocycles. The highest BCUT2D eigenvalue weighted by atomic mass is 32.2. The average molecular weight is 274 g/mol. The minimum absolute atomic E-state index is 0.00613. The lowest BCUT2D eigenvalue weighted by Crippen LogP contribution is -2.05. The molecule has 5 heteroatoms. The molecule has 98 valence electrons. The van der Waals surface area contributed by atoms with Crippen LogP contribution in [0.15, 0.2) is 41.8 Å². The Kier molecular flexibility index (Phi) is 4.52. The van der Waals surface area contributed by atoms with Crippen molar-refractivity contribution in [3.8, 4) is 5.75 Å². The van der Waals surface area contributed by atoms with Gasteiger partial charge in [-0.05, 0) is 24.6 Å². The molecule has 0 fully saturated rings. The number of carbonyl (C=O) groups is 1. The molecule has 19 heavy (non-hydrogen) atoms. The van der Waals surface area contributed by atoms with Gasteiger partial charge in [-0.1, -0.05) is 23.9 Å². The number of Topliss-reactive ketones (excluding diaryl/α,β-unsaturated/α-hetero) is 1. The van der Waals surface area contributed by atoms with E-state index in [-0.39, 0.29) is 5.78 Å². The van der Waals surface area contributed by atoms with E-state index in [1.807, 2.05) is 19.1 Å². The Labute approximate surface area is 116 Å². The molecule has 0 radical (unpaired) electrons. The molecule has 0 aliphatic heterocycles. The maximum Gasteiger partial charge on any atom is 0.187 e. The fraction of sp³-hybridized carbons (Fsp3) is 0.214. The van der Waals surface area contributed by atoms with Crippen molar-refractivity contribution in [1.82, 2.24) is 9.97 Å². The number of benzene rings is 1. The molecule has 0 spiro atoms. The second-order valence-electron chi connectivity index (χ2n) is 3.96. The lowest BCUT2D eigenvalue weighted by Gasteiger charge is -2.06. The third-order valence-electron chi connectivity index (χ3n) is 2.50. The highest BCUT2D eigenvalue weighted by Crippen LogP contribution is 2.21. The van der Waals surface area contributed by atoms with Crippen molar-refractivity contribution in [3.05, 3.63) is 47.8 Å². The topological polar surface area (TPSA) is 52.1 Å². The number of hydrogen-bond donors (Lipinski definition) is 0. The molecule has 4 nitrogen and oxygen atoms in total. The van der Waals surface area contributed by atoms with Gasteiger partial charge in [-0.3, -0.25) is 4.79 Å². The number of nitrogens with zero attached hydrogens (tertiary/aromatic N) is 2. The van der Waals surface area contributed by atoms with Crippen LogP contribution in [0.1, 0.15) is 15.9 Å². The summed E-state index contributed by atoms with van der Waals surface area (Å²) < 4.78 is 5.17. The molecule has 0 saturated heterocycles. The van der Waals surface area contributed by atoms with E-state index >= 15 is 0 Å². The van der Waals surface area contributed by atoms with Gasteiger partial charge in [0.15, 0.2) is 10.9 Å². The van der Waals surface area contributed by atoms with Crippen LogP contribution in [0.4, 0.5) is 0 Å². The lowest BCUT2D eigenvalue weighted by atomic mass is 10.1. The highest BCUT2D eigenvalue weighted by Gasteiger charge is 2.12. The standard InChI is InChI=1S/C14H14N2O2S/c1-10-7-15-14(16-8-10)19-9-12(17)11-5-3-4-6-13(11)18-2/h3-8H,9H2,1-2H3. The normalized spacial score (nSPS) is 10.2.